The summed E-state index contributed by atoms with van der Waals surface area (Å²) in [5.74, 6) is 0. The Morgan fingerprint density at radius 3 is 2.05 bits per heavy atom. The number of nitrogens with zero attached hydrogens (tertiary/aromatic N) is 1. The first-order chi connectivity index (χ1) is 9.37. The van der Waals surface area contributed by atoms with Crippen molar-refractivity contribution in [2.24, 2.45) is 0 Å². The smallest absolute Gasteiger partial charge is 0.0967 e. The van der Waals surface area contributed by atoms with Crippen LogP contribution in [0.4, 0.5) is 0 Å². The summed E-state index contributed by atoms with van der Waals surface area (Å²) >= 11 is 0. The molecular weight excluding hydrogens is 266 g/mol. The van der Waals surface area contributed by atoms with E-state index in [2.05, 4.69) is 46.6 Å². The Bertz CT molecular complexity index is 315. The lowest BCUT2D eigenvalue weighted by molar-refractivity contribution is -0.310. The van der Waals surface area contributed by atoms with Gasteiger partial charge in [-0.05, 0) is 67.7 Å². The van der Waals surface area contributed by atoms with Gasteiger partial charge in [-0.25, -0.2) is 0 Å². The van der Waals surface area contributed by atoms with Crippen molar-refractivity contribution >= 4 is 0 Å². The zero-order valence-electron chi connectivity index (χ0n) is 15.2. The van der Waals surface area contributed by atoms with E-state index in [1.807, 2.05) is 0 Å². The molecule has 1 unspecified atom stereocenters. The van der Waals surface area contributed by atoms with Crippen molar-refractivity contribution in [3.63, 3.8) is 0 Å². The average Bonchev–Trinajstić information content (AvgIpc) is 2.23. The van der Waals surface area contributed by atoms with Crippen molar-refractivity contribution in [3.05, 3.63) is 0 Å². The summed E-state index contributed by atoms with van der Waals surface area (Å²) in [5, 5.41) is 12.0. The highest BCUT2D eigenvalue weighted by molar-refractivity contribution is 4.97. The van der Waals surface area contributed by atoms with Crippen LogP contribution >= 0.6 is 0 Å². The van der Waals surface area contributed by atoms with E-state index in [4.69, 9.17) is 9.57 Å². The predicted molar refractivity (Wildman–Crippen MR) is 86.1 cm³/mol. The number of hydroxylamine groups is 2. The highest BCUT2D eigenvalue weighted by Crippen LogP contribution is 2.40. The molecule has 1 heterocycles. The van der Waals surface area contributed by atoms with Gasteiger partial charge in [-0.15, -0.1) is 0 Å². The van der Waals surface area contributed by atoms with Gasteiger partial charge in [0.05, 0.1) is 24.4 Å². The van der Waals surface area contributed by atoms with Gasteiger partial charge in [-0.3, -0.25) is 4.84 Å². The minimum Gasteiger partial charge on any atom is -0.388 e. The lowest BCUT2D eigenvalue weighted by Gasteiger charge is -2.54. The number of ether oxygens (including phenoxy) is 1. The summed E-state index contributed by atoms with van der Waals surface area (Å²) in [4.78, 5) is 5.99. The van der Waals surface area contributed by atoms with Crippen molar-refractivity contribution in [3.8, 4) is 0 Å². The first kappa shape index (κ1) is 18.9. The molecule has 1 N–H and O–H groups in total. The second-order valence-electron chi connectivity index (χ2n) is 8.39. The van der Waals surface area contributed by atoms with Crippen LogP contribution in [0.15, 0.2) is 0 Å². The highest BCUT2D eigenvalue weighted by atomic mass is 16.7. The van der Waals surface area contributed by atoms with Gasteiger partial charge in [0.15, 0.2) is 0 Å². The molecule has 4 nitrogen and oxygen atoms in total. The molecule has 1 aliphatic rings. The Hall–Kier alpha value is -0.160. The molecular formula is C17H35NO3. The number of hydrogen-bond acceptors (Lipinski definition) is 4. The fourth-order valence-corrected chi connectivity index (χ4v) is 3.26. The van der Waals surface area contributed by atoms with E-state index in [0.717, 1.165) is 19.3 Å². The van der Waals surface area contributed by atoms with E-state index in [9.17, 15) is 5.11 Å². The fourth-order valence-electron chi connectivity index (χ4n) is 3.26. The first-order valence-corrected chi connectivity index (χ1v) is 8.18. The molecule has 126 valence electrons. The number of hydrogen-bond donors (Lipinski definition) is 1. The third kappa shape index (κ3) is 5.51. The van der Waals surface area contributed by atoms with Gasteiger partial charge in [0.25, 0.3) is 0 Å². The lowest BCUT2D eigenvalue weighted by Crippen LogP contribution is -2.62. The Balaban J connectivity index is 2.79. The molecule has 21 heavy (non-hydrogen) atoms. The van der Waals surface area contributed by atoms with E-state index >= 15 is 0 Å². The van der Waals surface area contributed by atoms with Gasteiger partial charge >= 0.3 is 0 Å². The average molecular weight is 301 g/mol. The van der Waals surface area contributed by atoms with Gasteiger partial charge in [0, 0.05) is 11.1 Å². The third-order valence-corrected chi connectivity index (χ3v) is 4.10. The molecule has 0 amide bonds. The quantitative estimate of drug-likeness (QED) is 0.815. The van der Waals surface area contributed by atoms with Crippen molar-refractivity contribution in [1.29, 1.82) is 0 Å². The van der Waals surface area contributed by atoms with Gasteiger partial charge in [0.1, 0.15) is 0 Å². The van der Waals surface area contributed by atoms with Crippen molar-refractivity contribution in [2.45, 2.75) is 104 Å². The molecule has 0 aliphatic carbocycles. The standard InChI is InChI=1S/C17H35NO3/c1-9-13(2)21-14-10-15(3,4)18(16(5,6)11-14)20-12-17(7,8)19/h13-14,19H,9-12H2,1-8H3. The normalized spacial score (nSPS) is 25.0. The molecule has 1 atom stereocenters. The van der Waals surface area contributed by atoms with Crippen LogP contribution in [0.1, 0.15) is 74.7 Å². The molecule has 4 heteroatoms. The van der Waals surface area contributed by atoms with Crippen LogP contribution in [0.3, 0.4) is 0 Å². The molecule has 0 aromatic heterocycles. The largest absolute Gasteiger partial charge is 0.388 e. The molecule has 0 radical (unpaired) electrons. The molecule has 0 saturated carbocycles. The van der Waals surface area contributed by atoms with Crippen molar-refractivity contribution in [2.75, 3.05) is 6.61 Å². The van der Waals surface area contributed by atoms with Crippen LogP contribution in [0, 0.1) is 0 Å². The van der Waals surface area contributed by atoms with Crippen LogP contribution in [-0.4, -0.2) is 45.7 Å². The summed E-state index contributed by atoms with van der Waals surface area (Å²) in [6.45, 7) is 16.9. The SMILES string of the molecule is CCC(C)OC1CC(C)(C)N(OCC(C)(C)O)C(C)(C)C1. The summed E-state index contributed by atoms with van der Waals surface area (Å²) < 4.78 is 6.17. The zero-order valence-corrected chi connectivity index (χ0v) is 15.2. The maximum atomic E-state index is 9.92. The number of piperidine rings is 1. The molecule has 1 rings (SSSR count). The molecule has 1 aliphatic heterocycles. The minimum absolute atomic E-state index is 0.120. The second-order valence-corrected chi connectivity index (χ2v) is 8.39. The van der Waals surface area contributed by atoms with Gasteiger partial charge in [0.2, 0.25) is 0 Å². The molecule has 0 spiro atoms. The predicted octanol–water partition coefficient (Wildman–Crippen LogP) is 3.53. The summed E-state index contributed by atoms with van der Waals surface area (Å²) in [6.07, 6.45) is 3.47. The van der Waals surface area contributed by atoms with Crippen LogP contribution in [0.25, 0.3) is 0 Å². The first-order valence-electron chi connectivity index (χ1n) is 8.18. The summed E-state index contributed by atoms with van der Waals surface area (Å²) in [5.41, 5.74) is -1.06. The maximum Gasteiger partial charge on any atom is 0.0967 e. The topological polar surface area (TPSA) is 41.9 Å². The second kappa shape index (κ2) is 6.53. The van der Waals surface area contributed by atoms with Crippen LogP contribution < -0.4 is 0 Å². The maximum absolute atomic E-state index is 9.92. The van der Waals surface area contributed by atoms with E-state index in [0.29, 0.717) is 12.7 Å². The minimum atomic E-state index is -0.823. The molecule has 1 fully saturated rings. The van der Waals surface area contributed by atoms with Gasteiger partial charge in [-0.2, -0.15) is 5.06 Å². The molecule has 0 aromatic carbocycles. The monoisotopic (exact) mass is 301 g/mol. The highest BCUT2D eigenvalue weighted by Gasteiger charge is 2.47. The zero-order chi connectivity index (χ0) is 16.5. The summed E-state index contributed by atoms with van der Waals surface area (Å²) in [6, 6.07) is 0. The van der Waals surface area contributed by atoms with E-state index in [1.54, 1.807) is 13.8 Å². The van der Waals surface area contributed by atoms with Crippen molar-refractivity contribution in [1.82, 2.24) is 5.06 Å². The third-order valence-electron chi connectivity index (χ3n) is 4.10. The van der Waals surface area contributed by atoms with Crippen LogP contribution in [-0.2, 0) is 9.57 Å². The number of rotatable bonds is 6. The molecule has 1 saturated heterocycles. The summed E-state index contributed by atoms with van der Waals surface area (Å²) in [7, 11) is 0. The Morgan fingerprint density at radius 1 is 1.19 bits per heavy atom. The van der Waals surface area contributed by atoms with Crippen molar-refractivity contribution < 1.29 is 14.7 Å². The van der Waals surface area contributed by atoms with Crippen LogP contribution in [0.2, 0.25) is 0 Å². The lowest BCUT2D eigenvalue weighted by atomic mass is 9.80. The van der Waals surface area contributed by atoms with Gasteiger partial charge < -0.3 is 9.84 Å². The Labute approximate surface area is 130 Å². The molecule has 0 aromatic rings. The number of aliphatic hydroxyl groups is 1. The van der Waals surface area contributed by atoms with E-state index in [-0.39, 0.29) is 17.2 Å². The fraction of sp³-hybridized carbons (Fsp3) is 1.00. The van der Waals surface area contributed by atoms with Gasteiger partial charge in [-0.1, -0.05) is 6.92 Å². The van der Waals surface area contributed by atoms with E-state index < -0.39 is 5.60 Å². The van der Waals surface area contributed by atoms with Crippen LogP contribution in [0.5, 0.6) is 0 Å². The van der Waals surface area contributed by atoms with E-state index in [1.165, 1.54) is 0 Å². The Morgan fingerprint density at radius 2 is 1.67 bits per heavy atom. The Kier molecular flexibility index (Phi) is 5.87. The molecule has 0 bridgehead atoms.